The third-order valence-electron chi connectivity index (χ3n) is 6.08. The first-order valence-corrected chi connectivity index (χ1v) is 12.2. The number of ether oxygens (including phenoxy) is 3. The van der Waals surface area contributed by atoms with Crippen LogP contribution >= 0.6 is 0 Å². The van der Waals surface area contributed by atoms with Crippen LogP contribution in [0.4, 0.5) is 5.69 Å². The van der Waals surface area contributed by atoms with E-state index in [0.717, 1.165) is 22.9 Å². The number of hydrogen-bond acceptors (Lipinski definition) is 6. The molecule has 1 aromatic heterocycles. The minimum absolute atomic E-state index is 0.126. The van der Waals surface area contributed by atoms with Crippen molar-refractivity contribution >= 4 is 34.4 Å². The van der Waals surface area contributed by atoms with Crippen molar-refractivity contribution < 1.29 is 28.6 Å². The summed E-state index contributed by atoms with van der Waals surface area (Å²) in [6.45, 7) is 6.12. The number of benzene rings is 2. The normalized spacial score (nSPS) is 10.9. The van der Waals surface area contributed by atoms with Crippen LogP contribution in [0.15, 0.2) is 42.5 Å². The molecule has 37 heavy (non-hydrogen) atoms. The number of fused-ring (bicyclic) bond motifs is 1. The second-order valence-corrected chi connectivity index (χ2v) is 9.18. The number of nitrogens with zero attached hydrogens (tertiary/aromatic N) is 2. The Labute approximate surface area is 217 Å². The van der Waals surface area contributed by atoms with Crippen molar-refractivity contribution in [2.75, 3.05) is 39.3 Å². The third-order valence-corrected chi connectivity index (χ3v) is 6.08. The van der Waals surface area contributed by atoms with Gasteiger partial charge in [-0.05, 0) is 49.1 Å². The lowest BCUT2D eigenvalue weighted by molar-refractivity contribution is -0.141. The molecule has 0 aliphatic rings. The van der Waals surface area contributed by atoms with E-state index in [-0.39, 0.29) is 24.7 Å². The number of carbonyl (C=O) groups is 3. The zero-order valence-corrected chi connectivity index (χ0v) is 22.3. The van der Waals surface area contributed by atoms with Gasteiger partial charge in [0.1, 0.15) is 29.4 Å². The number of nitrogens with one attached hydrogen (secondary N) is 1. The van der Waals surface area contributed by atoms with E-state index in [1.807, 2.05) is 43.3 Å². The van der Waals surface area contributed by atoms with Gasteiger partial charge in [0.05, 0.1) is 27.9 Å². The Kier molecular flexibility index (Phi) is 9.16. The summed E-state index contributed by atoms with van der Waals surface area (Å²) in [5.41, 5.74) is 2.44. The van der Waals surface area contributed by atoms with Crippen molar-refractivity contribution in [1.82, 2.24) is 9.88 Å². The Balaban J connectivity index is 1.89. The average molecular weight is 510 g/mol. The molecule has 1 heterocycles. The maximum absolute atomic E-state index is 13.5. The van der Waals surface area contributed by atoms with Gasteiger partial charge in [0.25, 0.3) is 5.91 Å². The van der Waals surface area contributed by atoms with Gasteiger partial charge in [-0.3, -0.25) is 14.4 Å². The topological polar surface area (TPSA) is 99.1 Å². The summed E-state index contributed by atoms with van der Waals surface area (Å²) in [7, 11) is 4.39. The second kappa shape index (κ2) is 12.3. The van der Waals surface area contributed by atoms with Gasteiger partial charge in [-0.25, -0.2) is 0 Å². The summed E-state index contributed by atoms with van der Waals surface area (Å²) < 4.78 is 17.6. The number of hydrogen-bond donors (Lipinski definition) is 1. The Morgan fingerprint density at radius 2 is 1.65 bits per heavy atom. The number of esters is 1. The van der Waals surface area contributed by atoms with E-state index in [4.69, 9.17) is 14.2 Å². The third kappa shape index (κ3) is 6.41. The molecule has 0 unspecified atom stereocenters. The number of aryl methyl sites for hydroxylation is 1. The van der Waals surface area contributed by atoms with Crippen molar-refractivity contribution in [1.29, 1.82) is 0 Å². The quantitative estimate of drug-likeness (QED) is 0.393. The zero-order valence-electron chi connectivity index (χ0n) is 22.3. The molecule has 0 atom stereocenters. The number of anilines is 1. The van der Waals surface area contributed by atoms with Crippen molar-refractivity contribution in [3.63, 3.8) is 0 Å². The summed E-state index contributed by atoms with van der Waals surface area (Å²) >= 11 is 0. The summed E-state index contributed by atoms with van der Waals surface area (Å²) in [4.78, 5) is 40.4. The van der Waals surface area contributed by atoms with E-state index >= 15 is 0 Å². The van der Waals surface area contributed by atoms with Crippen LogP contribution in [0, 0.1) is 12.8 Å². The molecule has 198 valence electrons. The van der Waals surface area contributed by atoms with E-state index in [1.54, 1.807) is 29.8 Å². The lowest BCUT2D eigenvalue weighted by atomic mass is 10.1. The van der Waals surface area contributed by atoms with E-state index < -0.39 is 11.9 Å². The van der Waals surface area contributed by atoms with Gasteiger partial charge in [-0.2, -0.15) is 0 Å². The van der Waals surface area contributed by atoms with Crippen LogP contribution in [0.2, 0.25) is 0 Å². The number of para-hydroxylation sites is 1. The Bertz CT molecular complexity index is 1260. The van der Waals surface area contributed by atoms with Gasteiger partial charge < -0.3 is 29.0 Å². The van der Waals surface area contributed by atoms with Crippen LogP contribution < -0.4 is 19.7 Å². The van der Waals surface area contributed by atoms with Gasteiger partial charge in [-0.15, -0.1) is 0 Å². The van der Waals surface area contributed by atoms with Crippen molar-refractivity contribution in [3.05, 3.63) is 53.7 Å². The number of aromatic nitrogens is 1. The number of methoxy groups -OCH3 is 3. The van der Waals surface area contributed by atoms with Crippen LogP contribution in [-0.4, -0.2) is 56.8 Å². The summed E-state index contributed by atoms with van der Waals surface area (Å²) in [5, 5.41) is 3.53. The van der Waals surface area contributed by atoms with Crippen LogP contribution in [0.25, 0.3) is 10.9 Å². The summed E-state index contributed by atoms with van der Waals surface area (Å²) in [6, 6.07) is 12.7. The average Bonchev–Trinajstić information content (AvgIpc) is 3.25. The molecule has 0 spiro atoms. The van der Waals surface area contributed by atoms with Gasteiger partial charge in [0.2, 0.25) is 5.91 Å². The number of amides is 2. The first kappa shape index (κ1) is 27.6. The highest BCUT2D eigenvalue weighted by Gasteiger charge is 2.26. The van der Waals surface area contributed by atoms with Crippen LogP contribution in [-0.2, 0) is 20.9 Å². The fourth-order valence-electron chi connectivity index (χ4n) is 4.14. The predicted molar refractivity (Wildman–Crippen MR) is 142 cm³/mol. The fraction of sp³-hybridized carbons (Fsp3) is 0.393. The minimum atomic E-state index is -0.482. The fourth-order valence-corrected chi connectivity index (χ4v) is 4.14. The van der Waals surface area contributed by atoms with Crippen molar-refractivity contribution in [2.24, 2.45) is 5.92 Å². The number of carbonyl (C=O) groups excluding carboxylic acids is 3. The Morgan fingerprint density at radius 3 is 2.24 bits per heavy atom. The molecule has 0 radical (unpaired) electrons. The van der Waals surface area contributed by atoms with E-state index in [2.05, 4.69) is 19.2 Å². The SMILES string of the molecule is COC(=O)Cn1c(C(=O)NCC(=O)N(CCC(C)C)c2c(OC)cc(C)cc2OC)cc2ccccc21. The molecule has 2 amide bonds. The molecule has 1 N–H and O–H groups in total. The first-order valence-electron chi connectivity index (χ1n) is 12.2. The highest BCUT2D eigenvalue weighted by atomic mass is 16.5. The van der Waals surface area contributed by atoms with Gasteiger partial charge in [-0.1, -0.05) is 32.0 Å². The monoisotopic (exact) mass is 509 g/mol. The van der Waals surface area contributed by atoms with Gasteiger partial charge >= 0.3 is 5.97 Å². The smallest absolute Gasteiger partial charge is 0.325 e. The molecular weight excluding hydrogens is 474 g/mol. The summed E-state index contributed by atoms with van der Waals surface area (Å²) in [5.74, 6) is 0.105. The standard InChI is InChI=1S/C28H35N3O6/c1-18(2)11-12-30(27-23(35-4)13-19(3)14-24(27)36-5)25(32)16-29-28(34)22-15-20-9-7-8-10-21(20)31(22)17-26(33)37-6/h7-10,13-15,18H,11-12,16-17H2,1-6H3,(H,29,34). The van der Waals surface area contributed by atoms with Crippen LogP contribution in [0.1, 0.15) is 36.3 Å². The Hall–Kier alpha value is -4.01. The molecule has 0 bridgehead atoms. The molecular formula is C28H35N3O6. The zero-order chi connectivity index (χ0) is 27.1. The van der Waals surface area contributed by atoms with E-state index in [1.165, 1.54) is 7.11 Å². The molecule has 0 aliphatic heterocycles. The second-order valence-electron chi connectivity index (χ2n) is 9.18. The molecule has 9 heteroatoms. The molecule has 0 saturated carbocycles. The van der Waals surface area contributed by atoms with Gasteiger partial charge in [0, 0.05) is 17.4 Å². The van der Waals surface area contributed by atoms with Crippen molar-refractivity contribution in [2.45, 2.75) is 33.7 Å². The lowest BCUT2D eigenvalue weighted by Crippen LogP contribution is -2.42. The predicted octanol–water partition coefficient (Wildman–Crippen LogP) is 3.95. The maximum Gasteiger partial charge on any atom is 0.325 e. The van der Waals surface area contributed by atoms with Crippen LogP contribution in [0.5, 0.6) is 11.5 Å². The molecule has 0 fully saturated rings. The maximum atomic E-state index is 13.5. The molecule has 0 saturated heterocycles. The van der Waals surface area contributed by atoms with E-state index in [0.29, 0.717) is 29.6 Å². The van der Waals surface area contributed by atoms with Crippen LogP contribution in [0.3, 0.4) is 0 Å². The highest BCUT2D eigenvalue weighted by Crippen LogP contribution is 2.39. The molecule has 9 nitrogen and oxygen atoms in total. The highest BCUT2D eigenvalue weighted by molar-refractivity contribution is 6.03. The first-order chi connectivity index (χ1) is 17.7. The number of rotatable bonds is 11. The van der Waals surface area contributed by atoms with Crippen molar-refractivity contribution in [3.8, 4) is 11.5 Å². The molecule has 3 rings (SSSR count). The largest absolute Gasteiger partial charge is 0.494 e. The molecule has 2 aromatic carbocycles. The van der Waals surface area contributed by atoms with Gasteiger partial charge in [0.15, 0.2) is 0 Å². The Morgan fingerprint density at radius 1 is 1.00 bits per heavy atom. The summed E-state index contributed by atoms with van der Waals surface area (Å²) in [6.07, 6.45) is 0.743. The van der Waals surface area contributed by atoms with E-state index in [9.17, 15) is 14.4 Å². The lowest BCUT2D eigenvalue weighted by Gasteiger charge is -2.27. The molecule has 0 aliphatic carbocycles. The minimum Gasteiger partial charge on any atom is -0.494 e. The molecule has 3 aromatic rings.